The molecule has 0 bridgehead atoms. The highest BCUT2D eigenvalue weighted by atomic mass is 35.5. The first kappa shape index (κ1) is 32.0. The van der Waals surface area contributed by atoms with E-state index in [4.69, 9.17) is 29.4 Å². The normalized spacial score (nSPS) is 19.7. The highest BCUT2D eigenvalue weighted by Crippen LogP contribution is 2.41. The summed E-state index contributed by atoms with van der Waals surface area (Å²) in [6.45, 7) is 5.34. The van der Waals surface area contributed by atoms with E-state index in [0.29, 0.717) is 22.6 Å². The number of rotatable bonds is 9. The lowest BCUT2D eigenvalue weighted by Crippen LogP contribution is -2.71. The van der Waals surface area contributed by atoms with E-state index in [1.807, 2.05) is 0 Å². The molecule has 1 unspecified atom stereocenters. The van der Waals surface area contributed by atoms with Crippen LogP contribution in [0, 0.1) is 5.41 Å². The number of ether oxygens (including phenoxy) is 5. The van der Waals surface area contributed by atoms with Crippen LogP contribution in [0.4, 0.5) is 0 Å². The van der Waals surface area contributed by atoms with Crippen molar-refractivity contribution < 1.29 is 47.7 Å². The van der Waals surface area contributed by atoms with Gasteiger partial charge in [0.1, 0.15) is 23.7 Å². The van der Waals surface area contributed by atoms with E-state index in [-0.39, 0.29) is 43.7 Å². The van der Waals surface area contributed by atoms with E-state index < -0.39 is 59.4 Å². The van der Waals surface area contributed by atoms with Crippen molar-refractivity contribution in [3.8, 4) is 11.5 Å². The Hall–Kier alpha value is -3.49. The number of fused-ring (bicyclic) bond motifs is 2. The fourth-order valence-corrected chi connectivity index (χ4v) is 5.46. The Morgan fingerprint density at radius 1 is 1.17 bits per heavy atom. The summed E-state index contributed by atoms with van der Waals surface area (Å²) in [4.78, 5) is 63.7. The molecule has 41 heavy (non-hydrogen) atoms. The second-order valence-corrected chi connectivity index (χ2v) is 11.4. The third-order valence-corrected chi connectivity index (χ3v) is 7.57. The van der Waals surface area contributed by atoms with E-state index in [1.54, 1.807) is 39.0 Å². The Labute approximate surface area is 246 Å². The first-order valence-electron chi connectivity index (χ1n) is 12.5. The lowest BCUT2D eigenvalue weighted by molar-refractivity contribution is -0.173. The number of hydrogen-bond acceptors (Lipinski definition) is 12. The van der Waals surface area contributed by atoms with Crippen LogP contribution in [0.2, 0.25) is 0 Å². The maximum atomic E-state index is 13.2. The predicted molar refractivity (Wildman–Crippen MR) is 147 cm³/mol. The molecule has 0 aliphatic carbocycles. The Bertz CT molecular complexity index is 1260. The zero-order valence-electron chi connectivity index (χ0n) is 22.9. The van der Waals surface area contributed by atoms with Gasteiger partial charge in [-0.25, -0.2) is 4.79 Å². The summed E-state index contributed by atoms with van der Waals surface area (Å²) in [5.41, 5.74) is 6.26. The number of nitrogens with two attached hydrogens (primary N) is 1. The molecule has 15 heteroatoms. The van der Waals surface area contributed by atoms with Crippen LogP contribution in [0.5, 0.6) is 11.5 Å². The minimum atomic E-state index is -0.983. The first-order valence-corrected chi connectivity index (χ1v) is 13.5. The largest absolute Gasteiger partial charge is 0.461 e. The fourth-order valence-electron chi connectivity index (χ4n) is 4.13. The molecule has 0 aromatic heterocycles. The Balaban J connectivity index is 0.00000462. The maximum absolute atomic E-state index is 13.2. The second kappa shape index (κ2) is 13.0. The molecule has 1 aromatic rings. The smallest absolute Gasteiger partial charge is 0.358 e. The average molecular weight is 614 g/mol. The SMILES string of the molecule is CC(=O)OCC1=C(C(=O)OCOC(=O)C(C)(C)C)N2C(=O)[C@@H](NC(=O)C(N)Cc3cccc4c3OCO4)[C@H]2SC1.Cl. The molecular formula is C26H32ClN3O10S. The third-order valence-electron chi connectivity index (χ3n) is 6.24. The monoisotopic (exact) mass is 613 g/mol. The minimum Gasteiger partial charge on any atom is -0.461 e. The number of benzene rings is 1. The highest BCUT2D eigenvalue weighted by Gasteiger charge is 2.54. The first-order chi connectivity index (χ1) is 18.9. The molecule has 1 saturated heterocycles. The van der Waals surface area contributed by atoms with Crippen LogP contribution in [0.25, 0.3) is 0 Å². The van der Waals surface area contributed by atoms with Crippen LogP contribution < -0.4 is 20.5 Å². The lowest BCUT2D eigenvalue weighted by atomic mass is 9.98. The van der Waals surface area contributed by atoms with Crippen molar-refractivity contribution in [2.45, 2.75) is 51.6 Å². The van der Waals surface area contributed by atoms with Gasteiger partial charge in [0.05, 0.1) is 11.5 Å². The van der Waals surface area contributed by atoms with Crippen molar-refractivity contribution in [2.75, 3.05) is 25.9 Å². The number of nitrogens with zero attached hydrogens (tertiary/aromatic N) is 1. The van der Waals surface area contributed by atoms with Gasteiger partial charge in [0.25, 0.3) is 5.91 Å². The molecule has 3 heterocycles. The van der Waals surface area contributed by atoms with Crippen molar-refractivity contribution >= 4 is 53.9 Å². The predicted octanol–water partition coefficient (Wildman–Crippen LogP) is 1.01. The van der Waals surface area contributed by atoms with Crippen LogP contribution >= 0.6 is 24.2 Å². The molecule has 3 atom stereocenters. The molecule has 2 amide bonds. The quantitative estimate of drug-likeness (QED) is 0.230. The molecule has 1 fully saturated rings. The van der Waals surface area contributed by atoms with E-state index in [9.17, 15) is 24.0 Å². The van der Waals surface area contributed by atoms with Gasteiger partial charge in [-0.15, -0.1) is 24.2 Å². The zero-order valence-corrected chi connectivity index (χ0v) is 24.6. The second-order valence-electron chi connectivity index (χ2n) is 10.3. The Morgan fingerprint density at radius 3 is 2.59 bits per heavy atom. The van der Waals surface area contributed by atoms with Gasteiger partial charge in [-0.2, -0.15) is 0 Å². The Kier molecular flexibility index (Phi) is 10.2. The molecule has 0 saturated carbocycles. The summed E-state index contributed by atoms with van der Waals surface area (Å²) in [5, 5.41) is 2.05. The maximum Gasteiger partial charge on any atom is 0.358 e. The van der Waals surface area contributed by atoms with Gasteiger partial charge in [-0.05, 0) is 26.8 Å². The van der Waals surface area contributed by atoms with Crippen LogP contribution in [-0.2, 0) is 44.6 Å². The van der Waals surface area contributed by atoms with Crippen molar-refractivity contribution in [3.05, 3.63) is 35.0 Å². The number of nitrogens with one attached hydrogen (secondary N) is 1. The average Bonchev–Trinajstić information content (AvgIpc) is 3.39. The third kappa shape index (κ3) is 7.05. The molecule has 3 aliphatic rings. The molecule has 4 rings (SSSR count). The number of carbonyl (C=O) groups is 5. The molecule has 224 valence electrons. The van der Waals surface area contributed by atoms with Crippen LogP contribution in [0.3, 0.4) is 0 Å². The van der Waals surface area contributed by atoms with Crippen molar-refractivity contribution in [3.63, 3.8) is 0 Å². The summed E-state index contributed by atoms with van der Waals surface area (Å²) >= 11 is 1.28. The number of esters is 3. The van der Waals surface area contributed by atoms with Crippen molar-refractivity contribution in [1.82, 2.24) is 10.2 Å². The topological polar surface area (TPSA) is 173 Å². The van der Waals surface area contributed by atoms with Crippen molar-refractivity contribution in [1.29, 1.82) is 0 Å². The molecule has 3 N–H and O–H groups in total. The van der Waals surface area contributed by atoms with Crippen molar-refractivity contribution in [2.24, 2.45) is 11.1 Å². The van der Waals surface area contributed by atoms with Gasteiger partial charge in [0.2, 0.25) is 19.5 Å². The highest BCUT2D eigenvalue weighted by molar-refractivity contribution is 8.00. The molecule has 13 nitrogen and oxygen atoms in total. The number of halogens is 1. The number of para-hydroxylation sites is 1. The standard InChI is InChI=1S/C26H31N3O10S.ClH/c1-13(30)35-9-15-10-40-23-18(22(32)29(23)19(15)24(33)38-12-39-25(34)26(2,3)4)28-21(31)16(27)8-14-6-5-7-17-20(14)37-11-36-17;/h5-7,16,18,23H,8-12,27H2,1-4H3,(H,28,31);1H/t16?,18-,23-;/m1./s1. The van der Waals surface area contributed by atoms with Gasteiger partial charge in [-0.1, -0.05) is 12.1 Å². The summed E-state index contributed by atoms with van der Waals surface area (Å²) in [6.07, 6.45) is 0.151. The number of β-lactam (4-membered cyclic amide) rings is 1. The van der Waals surface area contributed by atoms with E-state index in [1.165, 1.54) is 23.6 Å². The minimum absolute atomic E-state index is 0. The van der Waals surface area contributed by atoms with Gasteiger partial charge < -0.3 is 34.7 Å². The van der Waals surface area contributed by atoms with Crippen LogP contribution in [-0.4, -0.2) is 78.0 Å². The van der Waals surface area contributed by atoms with Crippen LogP contribution in [0.15, 0.2) is 29.5 Å². The number of amides is 2. The molecular weight excluding hydrogens is 582 g/mol. The molecule has 0 radical (unpaired) electrons. The van der Waals surface area contributed by atoms with Gasteiger partial charge in [-0.3, -0.25) is 24.1 Å². The molecule has 3 aliphatic heterocycles. The molecule has 1 aromatic carbocycles. The number of hydrogen-bond donors (Lipinski definition) is 2. The van der Waals surface area contributed by atoms with E-state index >= 15 is 0 Å². The Morgan fingerprint density at radius 2 is 1.90 bits per heavy atom. The fraction of sp³-hybridized carbons (Fsp3) is 0.500. The number of thioether (sulfide) groups is 1. The van der Waals surface area contributed by atoms with E-state index in [0.717, 1.165) is 0 Å². The van der Waals surface area contributed by atoms with Gasteiger partial charge >= 0.3 is 17.9 Å². The number of carbonyl (C=O) groups excluding carboxylic acids is 5. The van der Waals surface area contributed by atoms with Gasteiger partial charge in [0.15, 0.2) is 11.5 Å². The van der Waals surface area contributed by atoms with Crippen LogP contribution in [0.1, 0.15) is 33.3 Å². The summed E-state index contributed by atoms with van der Waals surface area (Å²) in [6, 6.07) is 3.37. The zero-order chi connectivity index (χ0) is 29.2. The summed E-state index contributed by atoms with van der Waals surface area (Å²) < 4.78 is 26.0. The van der Waals surface area contributed by atoms with Gasteiger partial charge in [0, 0.05) is 30.2 Å². The summed E-state index contributed by atoms with van der Waals surface area (Å²) in [5.74, 6) is -1.87. The molecule has 0 spiro atoms. The summed E-state index contributed by atoms with van der Waals surface area (Å²) in [7, 11) is 0. The van der Waals surface area contributed by atoms with E-state index in [2.05, 4.69) is 5.32 Å². The lowest BCUT2D eigenvalue weighted by Gasteiger charge is -2.49.